The molecule has 2 unspecified atom stereocenters. The molecule has 0 heterocycles. The maximum absolute atomic E-state index is 8.72. The highest BCUT2D eigenvalue weighted by atomic mass is 16.7. The molecule has 0 aromatic rings. The van der Waals surface area contributed by atoms with E-state index in [0.717, 1.165) is 12.8 Å². The van der Waals surface area contributed by atoms with Gasteiger partial charge in [0.25, 0.3) is 0 Å². The van der Waals surface area contributed by atoms with Gasteiger partial charge >= 0.3 is 0 Å². The van der Waals surface area contributed by atoms with Gasteiger partial charge in [0, 0.05) is 26.1 Å². The average molecular weight is 334 g/mol. The molecular weight excluding hydrogens is 304 g/mol. The van der Waals surface area contributed by atoms with E-state index in [1.54, 1.807) is 0 Å². The summed E-state index contributed by atoms with van der Waals surface area (Å²) in [5.74, 6) is 0. The van der Waals surface area contributed by atoms with Crippen LogP contribution in [0.2, 0.25) is 0 Å². The second-order valence-corrected chi connectivity index (χ2v) is 4.55. The quantitative estimate of drug-likeness (QED) is 0.223. The van der Waals surface area contributed by atoms with Gasteiger partial charge < -0.3 is 33.9 Å². The monoisotopic (exact) mass is 334 g/mol. The molecule has 0 aliphatic carbocycles. The standard InChI is InChI=1S/C16H30O7/c1-3-20-15(22-13-9-17)7-5-11-19-12-6-8-16(21-4-2)23-14-10-18/h3-4,15-18H,1-2,5-14H2. The first-order valence-electron chi connectivity index (χ1n) is 7.83. The fourth-order valence-electron chi connectivity index (χ4n) is 1.77. The van der Waals surface area contributed by atoms with Gasteiger partial charge in [-0.3, -0.25) is 0 Å². The van der Waals surface area contributed by atoms with Gasteiger partial charge in [0.15, 0.2) is 12.6 Å². The normalized spacial score (nSPS) is 13.3. The molecule has 0 aliphatic rings. The lowest BCUT2D eigenvalue weighted by Crippen LogP contribution is -2.18. The smallest absolute Gasteiger partial charge is 0.199 e. The topological polar surface area (TPSA) is 86.6 Å². The maximum Gasteiger partial charge on any atom is 0.199 e. The highest BCUT2D eigenvalue weighted by molar-refractivity contribution is 4.56. The van der Waals surface area contributed by atoms with E-state index in [0.29, 0.717) is 26.1 Å². The average Bonchev–Trinajstić information content (AvgIpc) is 2.56. The summed E-state index contributed by atoms with van der Waals surface area (Å²) in [6.45, 7) is 8.53. The minimum absolute atomic E-state index is 0.0419. The summed E-state index contributed by atoms with van der Waals surface area (Å²) in [4.78, 5) is 0. The molecule has 0 saturated heterocycles. The van der Waals surface area contributed by atoms with Crippen molar-refractivity contribution in [2.45, 2.75) is 38.3 Å². The van der Waals surface area contributed by atoms with Crippen molar-refractivity contribution in [3.63, 3.8) is 0 Å². The largest absolute Gasteiger partial charge is 0.473 e. The van der Waals surface area contributed by atoms with Crippen LogP contribution >= 0.6 is 0 Å². The number of rotatable bonds is 18. The van der Waals surface area contributed by atoms with Crippen LogP contribution in [0.1, 0.15) is 25.7 Å². The minimum Gasteiger partial charge on any atom is -0.473 e. The highest BCUT2D eigenvalue weighted by Crippen LogP contribution is 2.07. The first-order chi connectivity index (χ1) is 11.3. The van der Waals surface area contributed by atoms with Gasteiger partial charge in [-0.2, -0.15) is 0 Å². The Morgan fingerprint density at radius 3 is 1.52 bits per heavy atom. The summed E-state index contributed by atoms with van der Waals surface area (Å²) in [5.41, 5.74) is 0. The van der Waals surface area contributed by atoms with Crippen molar-refractivity contribution in [1.29, 1.82) is 0 Å². The molecule has 2 N–H and O–H groups in total. The Bertz CT molecular complexity index is 247. The van der Waals surface area contributed by atoms with Crippen LogP contribution in [0.3, 0.4) is 0 Å². The van der Waals surface area contributed by atoms with Crippen LogP contribution in [0, 0.1) is 0 Å². The van der Waals surface area contributed by atoms with Gasteiger partial charge in [-0.15, -0.1) is 0 Å². The van der Waals surface area contributed by atoms with Crippen LogP contribution in [-0.4, -0.2) is 62.4 Å². The lowest BCUT2D eigenvalue weighted by Gasteiger charge is -2.17. The molecule has 0 aromatic carbocycles. The van der Waals surface area contributed by atoms with Crippen molar-refractivity contribution in [1.82, 2.24) is 0 Å². The number of hydrogen-bond acceptors (Lipinski definition) is 7. The predicted octanol–water partition coefficient (Wildman–Crippen LogP) is 1.55. The van der Waals surface area contributed by atoms with E-state index in [4.69, 9.17) is 33.9 Å². The van der Waals surface area contributed by atoms with E-state index in [-0.39, 0.29) is 26.4 Å². The van der Waals surface area contributed by atoms with Gasteiger partial charge in [-0.05, 0) is 12.8 Å². The maximum atomic E-state index is 8.72. The van der Waals surface area contributed by atoms with Crippen molar-refractivity contribution in [2.75, 3.05) is 39.6 Å². The molecule has 0 spiro atoms. The molecule has 0 radical (unpaired) electrons. The summed E-state index contributed by atoms with van der Waals surface area (Å²) in [7, 11) is 0. The highest BCUT2D eigenvalue weighted by Gasteiger charge is 2.09. The molecule has 23 heavy (non-hydrogen) atoms. The zero-order valence-corrected chi connectivity index (χ0v) is 13.7. The Balaban J connectivity index is 3.61. The summed E-state index contributed by atoms with van der Waals surface area (Å²) in [5, 5.41) is 17.4. The second kappa shape index (κ2) is 17.2. The Morgan fingerprint density at radius 2 is 1.17 bits per heavy atom. The fraction of sp³-hybridized carbons (Fsp3) is 0.750. The molecule has 2 atom stereocenters. The van der Waals surface area contributed by atoms with Gasteiger partial charge in [0.2, 0.25) is 0 Å². The molecule has 0 aromatic heterocycles. The fourth-order valence-corrected chi connectivity index (χ4v) is 1.77. The van der Waals surface area contributed by atoms with E-state index < -0.39 is 12.6 Å². The van der Waals surface area contributed by atoms with Gasteiger partial charge in [-0.1, -0.05) is 13.2 Å². The first-order valence-corrected chi connectivity index (χ1v) is 7.83. The van der Waals surface area contributed by atoms with E-state index in [1.807, 2.05) is 0 Å². The molecule has 0 rings (SSSR count). The van der Waals surface area contributed by atoms with E-state index in [1.165, 1.54) is 12.5 Å². The summed E-state index contributed by atoms with van der Waals surface area (Å²) in [6.07, 6.45) is 4.72. The van der Waals surface area contributed by atoms with E-state index in [9.17, 15) is 0 Å². The Kier molecular flexibility index (Phi) is 16.4. The van der Waals surface area contributed by atoms with Crippen LogP contribution in [0.15, 0.2) is 25.7 Å². The molecule has 0 bridgehead atoms. The summed E-state index contributed by atoms with van der Waals surface area (Å²) >= 11 is 0. The first kappa shape index (κ1) is 21.9. The van der Waals surface area contributed by atoms with Gasteiger partial charge in [0.1, 0.15) is 0 Å². The summed E-state index contributed by atoms with van der Waals surface area (Å²) in [6, 6.07) is 0. The van der Waals surface area contributed by atoms with Crippen LogP contribution in [0.5, 0.6) is 0 Å². The molecule has 0 saturated carbocycles. The Morgan fingerprint density at radius 1 is 0.739 bits per heavy atom. The Labute approximate surface area is 138 Å². The van der Waals surface area contributed by atoms with Crippen molar-refractivity contribution >= 4 is 0 Å². The van der Waals surface area contributed by atoms with Crippen LogP contribution < -0.4 is 0 Å². The third-order valence-corrected chi connectivity index (χ3v) is 2.74. The predicted molar refractivity (Wildman–Crippen MR) is 85.5 cm³/mol. The summed E-state index contributed by atoms with van der Waals surface area (Å²) < 4.78 is 26.5. The molecule has 7 heteroatoms. The van der Waals surface area contributed by atoms with Gasteiger partial charge in [-0.25, -0.2) is 0 Å². The van der Waals surface area contributed by atoms with Crippen molar-refractivity contribution in [2.24, 2.45) is 0 Å². The minimum atomic E-state index is -0.402. The number of ether oxygens (including phenoxy) is 5. The SMILES string of the molecule is C=COC(CCCOCCCC(OC=C)OCCO)OCCO. The number of aliphatic hydroxyl groups is 2. The molecule has 0 amide bonds. The van der Waals surface area contributed by atoms with Crippen LogP contribution in [0.4, 0.5) is 0 Å². The lowest BCUT2D eigenvalue weighted by molar-refractivity contribution is -0.121. The molecule has 0 aliphatic heterocycles. The molecule has 7 nitrogen and oxygen atoms in total. The number of aliphatic hydroxyl groups excluding tert-OH is 2. The molecular formula is C16H30O7. The second-order valence-electron chi connectivity index (χ2n) is 4.55. The van der Waals surface area contributed by atoms with Gasteiger partial charge in [0.05, 0.1) is 39.0 Å². The van der Waals surface area contributed by atoms with Crippen molar-refractivity contribution in [3.05, 3.63) is 25.7 Å². The van der Waals surface area contributed by atoms with Crippen LogP contribution in [-0.2, 0) is 23.7 Å². The van der Waals surface area contributed by atoms with Crippen molar-refractivity contribution in [3.8, 4) is 0 Å². The van der Waals surface area contributed by atoms with Crippen molar-refractivity contribution < 1.29 is 33.9 Å². The number of hydrogen-bond donors (Lipinski definition) is 2. The zero-order valence-electron chi connectivity index (χ0n) is 13.7. The third kappa shape index (κ3) is 14.2. The van der Waals surface area contributed by atoms with E-state index in [2.05, 4.69) is 13.2 Å². The molecule has 136 valence electrons. The Hall–Kier alpha value is -1.12. The van der Waals surface area contributed by atoms with Crippen LogP contribution in [0.25, 0.3) is 0 Å². The zero-order chi connectivity index (χ0) is 17.2. The third-order valence-electron chi connectivity index (χ3n) is 2.74. The lowest BCUT2D eigenvalue weighted by atomic mass is 10.3. The van der Waals surface area contributed by atoms with E-state index >= 15 is 0 Å². The molecule has 0 fully saturated rings.